The first-order valence-corrected chi connectivity index (χ1v) is 12.4. The van der Waals surface area contributed by atoms with E-state index in [-0.39, 0.29) is 36.4 Å². The zero-order chi connectivity index (χ0) is 25.2. The van der Waals surface area contributed by atoms with Crippen molar-refractivity contribution in [3.8, 4) is 11.5 Å². The van der Waals surface area contributed by atoms with Crippen LogP contribution in [0.2, 0.25) is 0 Å². The Morgan fingerprint density at radius 1 is 1.25 bits per heavy atom. The van der Waals surface area contributed by atoms with Crippen LogP contribution in [0.25, 0.3) is 10.9 Å². The second-order valence-corrected chi connectivity index (χ2v) is 10.2. The third kappa shape index (κ3) is 3.37. The van der Waals surface area contributed by atoms with Gasteiger partial charge < -0.3 is 20.1 Å². The van der Waals surface area contributed by atoms with E-state index in [9.17, 15) is 14.7 Å². The summed E-state index contributed by atoms with van der Waals surface area (Å²) in [7, 11) is 1.41. The van der Waals surface area contributed by atoms with Crippen LogP contribution in [0, 0.1) is 11.7 Å². The highest BCUT2D eigenvalue weighted by molar-refractivity contribution is 6.08. The molecule has 0 radical (unpaired) electrons. The Bertz CT molecular complexity index is 1380. The molecule has 2 fully saturated rings. The zero-order valence-corrected chi connectivity index (χ0v) is 20.3. The Morgan fingerprint density at radius 3 is 2.78 bits per heavy atom. The maximum Gasteiger partial charge on any atom is 0.328 e. The number of halogens is 1. The van der Waals surface area contributed by atoms with Gasteiger partial charge in [-0.3, -0.25) is 14.6 Å². The van der Waals surface area contributed by atoms with Gasteiger partial charge in [0.15, 0.2) is 11.6 Å². The molecule has 3 N–H and O–H groups in total. The number of carbonyl (C=O) groups excluding carboxylic acids is 2. The number of urea groups is 1. The molecule has 8 nitrogen and oxygen atoms in total. The molecule has 3 aromatic rings. The summed E-state index contributed by atoms with van der Waals surface area (Å²) in [6.07, 6.45) is 2.61. The molecular weight excluding hydrogens is 463 g/mol. The third-order valence-electron chi connectivity index (χ3n) is 7.78. The first kappa shape index (κ1) is 22.8. The average Bonchev–Trinajstić information content (AvgIpc) is 3.58. The van der Waals surface area contributed by atoms with Gasteiger partial charge in [-0.1, -0.05) is 12.1 Å². The van der Waals surface area contributed by atoms with E-state index in [1.165, 1.54) is 24.9 Å². The monoisotopic (exact) mass is 492 g/mol. The number of methoxy groups -OCH3 is 1. The molecule has 9 heteroatoms. The van der Waals surface area contributed by atoms with Gasteiger partial charge in [-0.2, -0.15) is 0 Å². The number of hydrogen-bond donors (Lipinski definition) is 3. The summed E-state index contributed by atoms with van der Waals surface area (Å²) in [5.41, 5.74) is 1.27. The summed E-state index contributed by atoms with van der Waals surface area (Å²) in [5.74, 6) is 0.0536. The maximum absolute atomic E-state index is 15.5. The number of amides is 3. The van der Waals surface area contributed by atoms with Crippen molar-refractivity contribution in [1.29, 1.82) is 0 Å². The summed E-state index contributed by atoms with van der Waals surface area (Å²) in [4.78, 5) is 33.8. The number of benzene rings is 2. The SMILES string of the molecule is COc1ccc2[nH]c3c(c2c1F)CC1(C)C(=O)N(CCNCC2CC2)C(=O)N1C3c1cccc(O)c1. The summed E-state index contributed by atoms with van der Waals surface area (Å²) in [6, 6.07) is 8.85. The standard InChI is InChI=1S/C27H29FN4O4/c1-27-13-18-21-19(8-9-20(36-2)22(21)28)30-23(18)24(16-4-3-5-17(33)12-16)32(27)26(35)31(25(27)34)11-10-29-14-15-6-7-15/h3-5,8-9,12,15,24,29-30,33H,6-7,10-11,13-14H2,1-2H3. The predicted molar refractivity (Wildman–Crippen MR) is 131 cm³/mol. The molecule has 3 aliphatic rings. The van der Waals surface area contributed by atoms with Crippen LogP contribution in [0.4, 0.5) is 9.18 Å². The average molecular weight is 493 g/mol. The number of phenolic OH excluding ortho intramolecular Hbond substituents is 1. The molecule has 188 valence electrons. The van der Waals surface area contributed by atoms with Gasteiger partial charge in [-0.05, 0) is 67.6 Å². The Kier molecular flexibility index (Phi) is 5.22. The fraction of sp³-hybridized carbons (Fsp3) is 0.407. The van der Waals surface area contributed by atoms with E-state index in [1.54, 1.807) is 48.2 Å². The van der Waals surface area contributed by atoms with E-state index < -0.39 is 17.4 Å². The van der Waals surface area contributed by atoms with E-state index in [1.807, 2.05) is 0 Å². The lowest BCUT2D eigenvalue weighted by Gasteiger charge is -2.42. The lowest BCUT2D eigenvalue weighted by atomic mass is 9.81. The van der Waals surface area contributed by atoms with Crippen LogP contribution in [0.15, 0.2) is 36.4 Å². The van der Waals surface area contributed by atoms with Gasteiger partial charge in [0.1, 0.15) is 17.3 Å². The number of aromatic hydroxyl groups is 1. The minimum atomic E-state index is -1.21. The van der Waals surface area contributed by atoms with Gasteiger partial charge in [0.25, 0.3) is 5.91 Å². The smallest absolute Gasteiger partial charge is 0.328 e. The van der Waals surface area contributed by atoms with Crippen molar-refractivity contribution in [1.82, 2.24) is 20.1 Å². The summed E-state index contributed by atoms with van der Waals surface area (Å²) in [5, 5.41) is 13.9. The highest BCUT2D eigenvalue weighted by Crippen LogP contribution is 2.49. The molecule has 1 saturated heterocycles. The van der Waals surface area contributed by atoms with Crippen molar-refractivity contribution >= 4 is 22.8 Å². The summed E-state index contributed by atoms with van der Waals surface area (Å²) in [6.45, 7) is 3.43. The Hall–Kier alpha value is -3.59. The number of H-pyrrole nitrogens is 1. The molecule has 2 atom stereocenters. The molecule has 0 bridgehead atoms. The van der Waals surface area contributed by atoms with Crippen LogP contribution in [0.5, 0.6) is 11.5 Å². The van der Waals surface area contributed by atoms with Crippen molar-refractivity contribution < 1.29 is 23.8 Å². The van der Waals surface area contributed by atoms with Crippen LogP contribution >= 0.6 is 0 Å². The minimum absolute atomic E-state index is 0.0457. The molecule has 3 heterocycles. The minimum Gasteiger partial charge on any atom is -0.508 e. The number of imide groups is 1. The highest BCUT2D eigenvalue weighted by atomic mass is 19.1. The molecule has 2 aliphatic heterocycles. The largest absolute Gasteiger partial charge is 0.508 e. The molecule has 6 rings (SSSR count). The second-order valence-electron chi connectivity index (χ2n) is 10.2. The van der Waals surface area contributed by atoms with Crippen LogP contribution in [0.1, 0.15) is 42.6 Å². The van der Waals surface area contributed by atoms with Gasteiger partial charge in [0.2, 0.25) is 0 Å². The number of nitrogens with zero attached hydrogens (tertiary/aromatic N) is 2. The molecule has 36 heavy (non-hydrogen) atoms. The molecule has 1 aromatic heterocycles. The molecule has 3 amide bonds. The molecule has 1 aliphatic carbocycles. The topological polar surface area (TPSA) is 97.9 Å². The lowest BCUT2D eigenvalue weighted by Crippen LogP contribution is -2.53. The van der Waals surface area contributed by atoms with E-state index in [4.69, 9.17) is 4.74 Å². The highest BCUT2D eigenvalue weighted by Gasteiger charge is 2.60. The van der Waals surface area contributed by atoms with Crippen LogP contribution < -0.4 is 10.1 Å². The molecule has 2 aromatic carbocycles. The van der Waals surface area contributed by atoms with E-state index in [0.717, 1.165) is 6.54 Å². The Balaban J connectivity index is 1.46. The van der Waals surface area contributed by atoms with Crippen LogP contribution in [-0.2, 0) is 11.2 Å². The Morgan fingerprint density at radius 2 is 2.06 bits per heavy atom. The lowest BCUT2D eigenvalue weighted by molar-refractivity contribution is -0.133. The fourth-order valence-corrected chi connectivity index (χ4v) is 5.76. The zero-order valence-electron chi connectivity index (χ0n) is 20.3. The van der Waals surface area contributed by atoms with E-state index in [2.05, 4.69) is 10.3 Å². The van der Waals surface area contributed by atoms with Gasteiger partial charge in [0, 0.05) is 36.1 Å². The molecule has 0 spiro atoms. The van der Waals surface area contributed by atoms with Crippen molar-refractivity contribution in [3.05, 3.63) is 59.0 Å². The van der Waals surface area contributed by atoms with Crippen molar-refractivity contribution in [2.45, 2.75) is 37.8 Å². The maximum atomic E-state index is 15.5. The van der Waals surface area contributed by atoms with Crippen molar-refractivity contribution in [3.63, 3.8) is 0 Å². The van der Waals surface area contributed by atoms with Gasteiger partial charge in [-0.25, -0.2) is 9.18 Å². The third-order valence-corrected chi connectivity index (χ3v) is 7.78. The number of aromatic amines is 1. The number of ether oxygens (including phenoxy) is 1. The van der Waals surface area contributed by atoms with Gasteiger partial charge in [0.05, 0.1) is 7.11 Å². The number of rotatable bonds is 7. The number of fused-ring (bicyclic) bond motifs is 4. The van der Waals surface area contributed by atoms with Crippen molar-refractivity contribution in [2.24, 2.45) is 5.92 Å². The summed E-state index contributed by atoms with van der Waals surface area (Å²) >= 11 is 0. The van der Waals surface area contributed by atoms with Crippen LogP contribution in [0.3, 0.4) is 0 Å². The quantitative estimate of drug-likeness (QED) is 0.345. The van der Waals surface area contributed by atoms with Crippen LogP contribution in [-0.4, -0.2) is 64.1 Å². The molecule has 1 saturated carbocycles. The summed E-state index contributed by atoms with van der Waals surface area (Å²) < 4.78 is 20.7. The van der Waals surface area contributed by atoms with Gasteiger partial charge in [-0.15, -0.1) is 0 Å². The number of hydrogen-bond acceptors (Lipinski definition) is 5. The number of phenols is 1. The number of aromatic nitrogens is 1. The Labute approximate surface area is 208 Å². The molecule has 2 unspecified atom stereocenters. The number of carbonyl (C=O) groups is 2. The molecular formula is C27H29FN4O4. The number of nitrogens with one attached hydrogen (secondary N) is 2. The van der Waals surface area contributed by atoms with E-state index in [0.29, 0.717) is 40.2 Å². The van der Waals surface area contributed by atoms with Crippen molar-refractivity contribution in [2.75, 3.05) is 26.7 Å². The van der Waals surface area contributed by atoms with E-state index >= 15 is 4.39 Å². The predicted octanol–water partition coefficient (Wildman–Crippen LogP) is 3.69. The normalized spacial score (nSPS) is 23.4. The first-order chi connectivity index (χ1) is 17.3. The van der Waals surface area contributed by atoms with Gasteiger partial charge >= 0.3 is 6.03 Å². The first-order valence-electron chi connectivity index (χ1n) is 12.4. The fourth-order valence-electron chi connectivity index (χ4n) is 5.76. The second kappa shape index (κ2) is 8.23.